The van der Waals surface area contributed by atoms with Crippen LogP contribution < -0.4 is 20.3 Å². The molecule has 0 saturated carbocycles. The van der Waals surface area contributed by atoms with E-state index in [2.05, 4.69) is 32.4 Å². The molecule has 2 rings (SSSR count). The van der Waals surface area contributed by atoms with E-state index in [0.717, 1.165) is 25.2 Å². The van der Waals surface area contributed by atoms with Crippen LogP contribution in [-0.2, 0) is 10.0 Å². The van der Waals surface area contributed by atoms with E-state index in [1.807, 2.05) is 18.2 Å². The number of nitrogens with one attached hydrogen (secondary N) is 3. The van der Waals surface area contributed by atoms with Crippen LogP contribution in [0.5, 0.6) is 0 Å². The SMILES string of the molecule is CCS(=O)(=O)NCCNC(=O)N[C@H]1CCN(c2ccccc2)C1. The summed E-state index contributed by atoms with van der Waals surface area (Å²) in [7, 11) is -3.21. The molecule has 0 aliphatic carbocycles. The van der Waals surface area contributed by atoms with Gasteiger partial charge < -0.3 is 15.5 Å². The van der Waals surface area contributed by atoms with Gasteiger partial charge in [0.15, 0.2) is 0 Å². The summed E-state index contributed by atoms with van der Waals surface area (Å²) in [5, 5.41) is 5.59. The third kappa shape index (κ3) is 5.72. The summed E-state index contributed by atoms with van der Waals surface area (Å²) in [6, 6.07) is 9.93. The number of hydrogen-bond acceptors (Lipinski definition) is 4. The molecule has 0 unspecified atom stereocenters. The molecule has 128 valence electrons. The summed E-state index contributed by atoms with van der Waals surface area (Å²) < 4.78 is 24.9. The van der Waals surface area contributed by atoms with Gasteiger partial charge in [-0.1, -0.05) is 18.2 Å². The topological polar surface area (TPSA) is 90.5 Å². The minimum atomic E-state index is -3.21. The zero-order valence-corrected chi connectivity index (χ0v) is 14.1. The molecule has 1 atom stereocenters. The molecule has 1 saturated heterocycles. The largest absolute Gasteiger partial charge is 0.369 e. The number of anilines is 1. The summed E-state index contributed by atoms with van der Waals surface area (Å²) in [6.07, 6.45) is 0.894. The van der Waals surface area contributed by atoms with Gasteiger partial charge >= 0.3 is 6.03 Å². The quantitative estimate of drug-likeness (QED) is 0.631. The summed E-state index contributed by atoms with van der Waals surface area (Å²) in [6.45, 7) is 3.72. The van der Waals surface area contributed by atoms with Gasteiger partial charge in [-0.25, -0.2) is 17.9 Å². The van der Waals surface area contributed by atoms with Crippen molar-refractivity contribution in [2.75, 3.05) is 36.8 Å². The first-order valence-electron chi connectivity index (χ1n) is 7.82. The summed E-state index contributed by atoms with van der Waals surface area (Å²) in [5.74, 6) is 0.0383. The van der Waals surface area contributed by atoms with E-state index in [-0.39, 0.29) is 30.9 Å². The Bertz CT molecular complexity index is 606. The van der Waals surface area contributed by atoms with Crippen LogP contribution in [0.15, 0.2) is 30.3 Å². The van der Waals surface area contributed by atoms with Gasteiger partial charge in [0.25, 0.3) is 0 Å². The van der Waals surface area contributed by atoms with Crippen molar-refractivity contribution in [1.29, 1.82) is 0 Å². The molecule has 1 aromatic rings. The van der Waals surface area contributed by atoms with Gasteiger partial charge in [-0.15, -0.1) is 0 Å². The van der Waals surface area contributed by atoms with Gasteiger partial charge in [0, 0.05) is 37.9 Å². The lowest BCUT2D eigenvalue weighted by Crippen LogP contribution is -2.45. The first kappa shape index (κ1) is 17.6. The molecule has 0 aromatic heterocycles. The Hall–Kier alpha value is -1.80. The van der Waals surface area contributed by atoms with Crippen molar-refractivity contribution < 1.29 is 13.2 Å². The molecular formula is C15H24N4O3S. The first-order chi connectivity index (χ1) is 11.0. The van der Waals surface area contributed by atoms with Gasteiger partial charge in [0.1, 0.15) is 0 Å². The second kappa shape index (κ2) is 8.16. The van der Waals surface area contributed by atoms with Crippen molar-refractivity contribution in [1.82, 2.24) is 15.4 Å². The van der Waals surface area contributed by atoms with Crippen LogP contribution in [0.4, 0.5) is 10.5 Å². The Balaban J connectivity index is 1.67. The van der Waals surface area contributed by atoms with Crippen LogP contribution >= 0.6 is 0 Å². The minimum absolute atomic E-state index is 0.0383. The average molecular weight is 340 g/mol. The Kier molecular flexibility index (Phi) is 6.23. The second-order valence-corrected chi connectivity index (χ2v) is 7.56. The predicted octanol–water partition coefficient (Wildman–Crippen LogP) is 0.504. The minimum Gasteiger partial charge on any atom is -0.369 e. The Labute approximate surface area is 137 Å². The fraction of sp³-hybridized carbons (Fsp3) is 0.533. The van der Waals surface area contributed by atoms with E-state index < -0.39 is 10.0 Å². The lowest BCUT2D eigenvalue weighted by atomic mass is 10.3. The molecule has 1 aliphatic heterocycles. The van der Waals surface area contributed by atoms with Gasteiger partial charge in [0.2, 0.25) is 10.0 Å². The van der Waals surface area contributed by atoms with Gasteiger partial charge in [-0.2, -0.15) is 0 Å². The fourth-order valence-electron chi connectivity index (χ4n) is 2.47. The lowest BCUT2D eigenvalue weighted by molar-refractivity contribution is 0.238. The molecule has 0 bridgehead atoms. The molecule has 1 aromatic carbocycles. The maximum absolute atomic E-state index is 11.8. The highest BCUT2D eigenvalue weighted by molar-refractivity contribution is 7.89. The first-order valence-corrected chi connectivity index (χ1v) is 9.47. The highest BCUT2D eigenvalue weighted by Gasteiger charge is 2.23. The highest BCUT2D eigenvalue weighted by Crippen LogP contribution is 2.19. The number of benzene rings is 1. The van der Waals surface area contributed by atoms with E-state index in [9.17, 15) is 13.2 Å². The summed E-state index contributed by atoms with van der Waals surface area (Å²) in [4.78, 5) is 14.1. The monoisotopic (exact) mass is 340 g/mol. The van der Waals surface area contributed by atoms with Crippen LogP contribution in [0.1, 0.15) is 13.3 Å². The van der Waals surface area contributed by atoms with E-state index >= 15 is 0 Å². The molecule has 1 fully saturated rings. The van der Waals surface area contributed by atoms with Crippen LogP contribution in [-0.4, -0.2) is 52.4 Å². The fourth-order valence-corrected chi connectivity index (χ4v) is 3.09. The van der Waals surface area contributed by atoms with Crippen LogP contribution in [0.25, 0.3) is 0 Å². The third-order valence-electron chi connectivity index (χ3n) is 3.76. The number of nitrogens with zero attached hydrogens (tertiary/aromatic N) is 1. The molecule has 7 nitrogen and oxygen atoms in total. The zero-order valence-electron chi connectivity index (χ0n) is 13.3. The maximum atomic E-state index is 11.8. The van der Waals surface area contributed by atoms with Crippen molar-refractivity contribution in [3.8, 4) is 0 Å². The molecule has 0 spiro atoms. The van der Waals surface area contributed by atoms with E-state index in [1.54, 1.807) is 6.92 Å². The number of carbonyl (C=O) groups excluding carboxylic acids is 1. The van der Waals surface area contributed by atoms with Gasteiger partial charge in [-0.05, 0) is 25.5 Å². The van der Waals surface area contributed by atoms with Gasteiger partial charge in [-0.3, -0.25) is 0 Å². The van der Waals surface area contributed by atoms with Crippen LogP contribution in [0.2, 0.25) is 0 Å². The molecule has 2 amide bonds. The van der Waals surface area contributed by atoms with Crippen molar-refractivity contribution in [2.45, 2.75) is 19.4 Å². The van der Waals surface area contributed by atoms with E-state index in [1.165, 1.54) is 0 Å². The Morgan fingerprint density at radius 2 is 2.00 bits per heavy atom. The maximum Gasteiger partial charge on any atom is 0.315 e. The normalized spacial score (nSPS) is 18.0. The number of sulfonamides is 1. The highest BCUT2D eigenvalue weighted by atomic mass is 32.2. The molecule has 1 aliphatic rings. The number of rotatable bonds is 7. The Morgan fingerprint density at radius 1 is 1.26 bits per heavy atom. The molecule has 3 N–H and O–H groups in total. The summed E-state index contributed by atoms with van der Waals surface area (Å²) in [5.41, 5.74) is 1.16. The van der Waals surface area contributed by atoms with Crippen molar-refractivity contribution >= 4 is 21.7 Å². The van der Waals surface area contributed by atoms with Crippen molar-refractivity contribution in [2.24, 2.45) is 0 Å². The predicted molar refractivity (Wildman–Crippen MR) is 91.1 cm³/mol. The standard InChI is InChI=1S/C15H24N4O3S/c1-2-23(21,22)17-10-9-16-15(20)18-13-8-11-19(12-13)14-6-4-3-5-7-14/h3-7,13,17H,2,8-12H2,1H3,(H2,16,18,20)/t13-/m0/s1. The van der Waals surface area contributed by atoms with Crippen LogP contribution in [0.3, 0.4) is 0 Å². The molecular weight excluding hydrogens is 316 g/mol. The number of amides is 2. The van der Waals surface area contributed by atoms with Crippen LogP contribution in [0, 0.1) is 0 Å². The summed E-state index contributed by atoms with van der Waals surface area (Å²) >= 11 is 0. The number of hydrogen-bond donors (Lipinski definition) is 3. The molecule has 23 heavy (non-hydrogen) atoms. The molecule has 8 heteroatoms. The lowest BCUT2D eigenvalue weighted by Gasteiger charge is -2.19. The van der Waals surface area contributed by atoms with E-state index in [4.69, 9.17) is 0 Å². The Morgan fingerprint density at radius 3 is 2.70 bits per heavy atom. The van der Waals surface area contributed by atoms with Crippen molar-refractivity contribution in [3.05, 3.63) is 30.3 Å². The third-order valence-corrected chi connectivity index (χ3v) is 5.16. The number of urea groups is 1. The van der Waals surface area contributed by atoms with E-state index in [0.29, 0.717) is 0 Å². The molecule has 0 radical (unpaired) electrons. The van der Waals surface area contributed by atoms with Gasteiger partial charge in [0.05, 0.1) is 5.75 Å². The van der Waals surface area contributed by atoms with Crippen molar-refractivity contribution in [3.63, 3.8) is 0 Å². The zero-order chi connectivity index (χ0) is 16.7. The smallest absolute Gasteiger partial charge is 0.315 e. The second-order valence-electron chi connectivity index (χ2n) is 5.47. The average Bonchev–Trinajstić information content (AvgIpc) is 3.01. The number of para-hydroxylation sites is 1. The molecule has 1 heterocycles. The number of carbonyl (C=O) groups is 1.